The Bertz CT molecular complexity index is 1710. The number of ether oxygens (including phenoxy) is 2. The van der Waals surface area contributed by atoms with Crippen LogP contribution in [0.4, 0.5) is 5.69 Å². The predicted molar refractivity (Wildman–Crippen MR) is 135 cm³/mol. The first-order valence-corrected chi connectivity index (χ1v) is 12.7. The molecule has 0 N–H and O–H groups in total. The number of hydrogen-bond donors (Lipinski definition) is 0. The van der Waals surface area contributed by atoms with Crippen molar-refractivity contribution in [3.63, 3.8) is 0 Å². The number of benzene rings is 2. The van der Waals surface area contributed by atoms with Gasteiger partial charge in [0.2, 0.25) is 17.7 Å². The average Bonchev–Trinajstić information content (AvgIpc) is 3.64. The van der Waals surface area contributed by atoms with Crippen molar-refractivity contribution in [2.45, 2.75) is 44.3 Å². The first kappa shape index (κ1) is 22.8. The summed E-state index contributed by atoms with van der Waals surface area (Å²) >= 11 is 0. The topological polar surface area (TPSA) is 123 Å². The molecule has 0 radical (unpaired) electrons. The van der Waals surface area contributed by atoms with Crippen LogP contribution in [0.25, 0.3) is 16.6 Å². The van der Waals surface area contributed by atoms with Crippen molar-refractivity contribution in [1.82, 2.24) is 19.6 Å². The van der Waals surface area contributed by atoms with Gasteiger partial charge in [0.1, 0.15) is 6.33 Å². The molecule has 4 atom stereocenters. The number of anilines is 1. The minimum Gasteiger partial charge on any atom is -0.477 e. The maximum Gasteiger partial charge on any atom is 0.255 e. The quantitative estimate of drug-likeness (QED) is 0.376. The maximum atomic E-state index is 14.0. The summed E-state index contributed by atoms with van der Waals surface area (Å²) in [7, 11) is 0. The molecule has 7 rings (SSSR count). The Hall–Kier alpha value is -4.36. The van der Waals surface area contributed by atoms with E-state index >= 15 is 0 Å². The Morgan fingerprint density at radius 1 is 1.13 bits per heavy atom. The number of amides is 2. The Labute approximate surface area is 217 Å². The van der Waals surface area contributed by atoms with Crippen LogP contribution in [0.2, 0.25) is 0 Å². The standard InChI is InChI=1S/C28H24N6O4/c1-16-13-21(34-26(32-16)30-15-31-34)37-12-11-28-10-9-27(2,38-28)22-23(28)25(36)33(24(22)35)20-8-7-17(14-29)18-5-3-4-6-19(18)20/h3-8,13,15,22-23H,9-12H2,1-2H3. The summed E-state index contributed by atoms with van der Waals surface area (Å²) in [6.45, 7) is 4.08. The van der Waals surface area contributed by atoms with Gasteiger partial charge in [0, 0.05) is 29.0 Å². The highest BCUT2D eigenvalue weighted by atomic mass is 16.5. The number of nitrogens with zero attached hydrogens (tertiary/aromatic N) is 6. The largest absolute Gasteiger partial charge is 0.477 e. The predicted octanol–water partition coefficient (Wildman–Crippen LogP) is 3.35. The zero-order chi connectivity index (χ0) is 26.2. The first-order chi connectivity index (χ1) is 18.3. The van der Waals surface area contributed by atoms with E-state index in [-0.39, 0.29) is 18.4 Å². The van der Waals surface area contributed by atoms with E-state index in [0.29, 0.717) is 52.9 Å². The molecule has 0 spiro atoms. The molecule has 4 unspecified atom stereocenters. The molecule has 10 nitrogen and oxygen atoms in total. The molecule has 0 saturated carbocycles. The molecule has 2 aromatic carbocycles. The third-order valence-corrected chi connectivity index (χ3v) is 8.40. The number of hydrogen-bond acceptors (Lipinski definition) is 8. The fourth-order valence-corrected chi connectivity index (χ4v) is 6.75. The maximum absolute atomic E-state index is 14.0. The van der Waals surface area contributed by atoms with E-state index in [4.69, 9.17) is 9.47 Å². The third kappa shape index (κ3) is 2.99. The zero-order valence-electron chi connectivity index (χ0n) is 20.9. The average molecular weight is 509 g/mol. The molecule has 2 amide bonds. The van der Waals surface area contributed by atoms with Crippen LogP contribution in [0, 0.1) is 30.1 Å². The second-order valence-corrected chi connectivity index (χ2v) is 10.5. The lowest BCUT2D eigenvalue weighted by Gasteiger charge is -2.31. The van der Waals surface area contributed by atoms with Gasteiger partial charge in [0.05, 0.1) is 47.0 Å². The highest BCUT2D eigenvalue weighted by Crippen LogP contribution is 2.62. The Morgan fingerprint density at radius 3 is 2.74 bits per heavy atom. The summed E-state index contributed by atoms with van der Waals surface area (Å²) in [6, 6.07) is 14.7. The molecule has 3 aliphatic rings. The molecule has 2 aromatic heterocycles. The lowest BCUT2D eigenvalue weighted by atomic mass is 9.67. The number of imide groups is 1. The Morgan fingerprint density at radius 2 is 1.92 bits per heavy atom. The van der Waals surface area contributed by atoms with Crippen LogP contribution in [-0.4, -0.2) is 49.2 Å². The molecule has 5 heterocycles. The molecular weight excluding hydrogens is 484 g/mol. The number of aryl methyl sites for hydroxylation is 1. The summed E-state index contributed by atoms with van der Waals surface area (Å²) < 4.78 is 14.2. The number of carbonyl (C=O) groups excluding carboxylic acids is 2. The summed E-state index contributed by atoms with van der Waals surface area (Å²) in [5.74, 6) is -0.701. The van der Waals surface area contributed by atoms with E-state index in [1.54, 1.807) is 18.2 Å². The van der Waals surface area contributed by atoms with Crippen LogP contribution in [0.3, 0.4) is 0 Å². The SMILES string of the molecule is Cc1cc(OCCC23CCC(C)(O2)C2C(=O)N(c4ccc(C#N)c5ccccc45)C(=O)C23)n2ncnc2n1. The van der Waals surface area contributed by atoms with Crippen molar-refractivity contribution in [3.05, 3.63) is 60.0 Å². The van der Waals surface area contributed by atoms with Crippen molar-refractivity contribution < 1.29 is 19.1 Å². The van der Waals surface area contributed by atoms with Gasteiger partial charge in [-0.2, -0.15) is 19.9 Å². The van der Waals surface area contributed by atoms with Gasteiger partial charge < -0.3 is 9.47 Å². The van der Waals surface area contributed by atoms with Gasteiger partial charge in [-0.1, -0.05) is 24.3 Å². The van der Waals surface area contributed by atoms with E-state index in [1.165, 1.54) is 15.7 Å². The fraction of sp³-hybridized carbons (Fsp3) is 0.357. The molecule has 4 aromatic rings. The van der Waals surface area contributed by atoms with Gasteiger partial charge in [-0.05, 0) is 38.8 Å². The molecule has 0 aliphatic carbocycles. The van der Waals surface area contributed by atoms with Crippen molar-refractivity contribution >= 4 is 34.1 Å². The molecule has 10 heteroatoms. The van der Waals surface area contributed by atoms with E-state index < -0.39 is 23.0 Å². The van der Waals surface area contributed by atoms with E-state index in [0.717, 1.165) is 5.69 Å². The smallest absolute Gasteiger partial charge is 0.255 e. The van der Waals surface area contributed by atoms with Gasteiger partial charge in [-0.25, -0.2) is 9.88 Å². The molecule has 2 bridgehead atoms. The van der Waals surface area contributed by atoms with E-state index in [2.05, 4.69) is 21.1 Å². The van der Waals surface area contributed by atoms with Crippen molar-refractivity contribution in [3.8, 4) is 11.9 Å². The first-order valence-electron chi connectivity index (χ1n) is 12.7. The molecule has 3 saturated heterocycles. The van der Waals surface area contributed by atoms with Gasteiger partial charge in [-0.15, -0.1) is 0 Å². The molecule has 190 valence electrons. The molecule has 3 fully saturated rings. The van der Waals surface area contributed by atoms with Gasteiger partial charge >= 0.3 is 0 Å². The summed E-state index contributed by atoms with van der Waals surface area (Å²) in [6.07, 6.45) is 3.23. The molecule has 38 heavy (non-hydrogen) atoms. The van der Waals surface area contributed by atoms with Crippen molar-refractivity contribution in [1.29, 1.82) is 5.26 Å². The van der Waals surface area contributed by atoms with Crippen LogP contribution >= 0.6 is 0 Å². The van der Waals surface area contributed by atoms with Crippen molar-refractivity contribution in [2.24, 2.45) is 11.8 Å². The van der Waals surface area contributed by atoms with Crippen LogP contribution in [0.15, 0.2) is 48.8 Å². The minimum absolute atomic E-state index is 0.242. The number of rotatable bonds is 5. The second kappa shape index (κ2) is 7.82. The minimum atomic E-state index is -0.799. The fourth-order valence-electron chi connectivity index (χ4n) is 6.75. The van der Waals surface area contributed by atoms with E-state index in [9.17, 15) is 14.9 Å². The van der Waals surface area contributed by atoms with Gasteiger partial charge in [0.15, 0.2) is 0 Å². The lowest BCUT2D eigenvalue weighted by molar-refractivity contribution is -0.131. The summed E-state index contributed by atoms with van der Waals surface area (Å²) in [4.78, 5) is 37.7. The highest BCUT2D eigenvalue weighted by Gasteiger charge is 2.73. The monoisotopic (exact) mass is 508 g/mol. The van der Waals surface area contributed by atoms with Crippen LogP contribution < -0.4 is 9.64 Å². The number of fused-ring (bicyclic) bond motifs is 7. The Kier molecular flexibility index (Phi) is 4.69. The summed E-state index contributed by atoms with van der Waals surface area (Å²) in [5, 5.41) is 15.2. The number of aromatic nitrogens is 4. The molecular formula is C28H24N6O4. The van der Waals surface area contributed by atoms with Gasteiger partial charge in [-0.3, -0.25) is 9.59 Å². The van der Waals surface area contributed by atoms with E-state index in [1.807, 2.05) is 38.1 Å². The number of carbonyl (C=O) groups is 2. The molecule has 3 aliphatic heterocycles. The number of nitriles is 1. The third-order valence-electron chi connectivity index (χ3n) is 8.40. The summed E-state index contributed by atoms with van der Waals surface area (Å²) in [5.41, 5.74) is 0.249. The van der Waals surface area contributed by atoms with Gasteiger partial charge in [0.25, 0.3) is 5.78 Å². The van der Waals surface area contributed by atoms with Crippen LogP contribution in [-0.2, 0) is 14.3 Å². The van der Waals surface area contributed by atoms with Crippen LogP contribution in [0.5, 0.6) is 5.88 Å². The Balaban J connectivity index is 1.22. The second-order valence-electron chi connectivity index (χ2n) is 10.5. The zero-order valence-corrected chi connectivity index (χ0v) is 20.9. The van der Waals surface area contributed by atoms with Crippen molar-refractivity contribution in [2.75, 3.05) is 11.5 Å². The van der Waals surface area contributed by atoms with Crippen LogP contribution in [0.1, 0.15) is 37.4 Å². The highest BCUT2D eigenvalue weighted by molar-refractivity contribution is 6.26. The normalized spacial score (nSPS) is 27.9. The lowest BCUT2D eigenvalue weighted by Crippen LogP contribution is -2.43.